The molecule has 0 aromatic heterocycles. The van der Waals surface area contributed by atoms with E-state index in [1.807, 2.05) is 6.08 Å². The second kappa shape index (κ2) is 5.31. The molecule has 2 fully saturated rings. The molecule has 0 aromatic carbocycles. The van der Waals surface area contributed by atoms with E-state index in [0.29, 0.717) is 17.6 Å². The van der Waals surface area contributed by atoms with Crippen LogP contribution in [0.15, 0.2) is 23.8 Å². The van der Waals surface area contributed by atoms with Crippen molar-refractivity contribution in [3.63, 3.8) is 0 Å². The molecule has 0 N–H and O–H groups in total. The van der Waals surface area contributed by atoms with Crippen molar-refractivity contribution in [3.05, 3.63) is 23.8 Å². The summed E-state index contributed by atoms with van der Waals surface area (Å²) in [5.74, 6) is 1.05. The highest BCUT2D eigenvalue weighted by atomic mass is 16.5. The number of hydrogen-bond acceptors (Lipinski definition) is 3. The number of rotatable bonds is 1. The van der Waals surface area contributed by atoms with Gasteiger partial charge in [0, 0.05) is 5.92 Å². The average Bonchev–Trinajstić information content (AvgIpc) is 2.92. The van der Waals surface area contributed by atoms with E-state index in [0.717, 1.165) is 38.5 Å². The van der Waals surface area contributed by atoms with Crippen molar-refractivity contribution in [2.24, 2.45) is 34.5 Å². The number of allylic oxidation sites excluding steroid dienone is 4. The van der Waals surface area contributed by atoms with Gasteiger partial charge in [-0.25, -0.2) is 0 Å². The first-order chi connectivity index (χ1) is 11.4. The lowest BCUT2D eigenvalue weighted by atomic mass is 9.48. The van der Waals surface area contributed by atoms with Crippen LogP contribution < -0.4 is 0 Å². The summed E-state index contributed by atoms with van der Waals surface area (Å²) < 4.78 is 5.07. The van der Waals surface area contributed by atoms with E-state index in [9.17, 15) is 9.59 Å². The van der Waals surface area contributed by atoms with Crippen molar-refractivity contribution < 1.29 is 14.3 Å². The number of methoxy groups -OCH3 is 1. The molecule has 130 valence electrons. The first kappa shape index (κ1) is 16.1. The predicted molar refractivity (Wildman–Crippen MR) is 92.1 cm³/mol. The van der Waals surface area contributed by atoms with Crippen LogP contribution in [0, 0.1) is 34.5 Å². The Bertz CT molecular complexity index is 645. The van der Waals surface area contributed by atoms with Crippen LogP contribution in [-0.2, 0) is 14.3 Å². The van der Waals surface area contributed by atoms with Gasteiger partial charge in [0.2, 0.25) is 0 Å². The van der Waals surface area contributed by atoms with Crippen LogP contribution in [0.1, 0.15) is 52.4 Å². The molecule has 2 saturated carbocycles. The lowest BCUT2D eigenvalue weighted by Crippen LogP contribution is -2.52. The summed E-state index contributed by atoms with van der Waals surface area (Å²) >= 11 is 0. The van der Waals surface area contributed by atoms with Gasteiger partial charge in [-0.05, 0) is 72.8 Å². The van der Waals surface area contributed by atoms with Crippen molar-refractivity contribution in [1.82, 2.24) is 0 Å². The molecule has 0 saturated heterocycles. The predicted octanol–water partition coefficient (Wildman–Crippen LogP) is 4.08. The van der Waals surface area contributed by atoms with Crippen LogP contribution >= 0.6 is 0 Å². The molecule has 0 aromatic rings. The largest absolute Gasteiger partial charge is 0.469 e. The van der Waals surface area contributed by atoms with E-state index in [-0.39, 0.29) is 28.6 Å². The zero-order chi connectivity index (χ0) is 17.1. The summed E-state index contributed by atoms with van der Waals surface area (Å²) in [4.78, 5) is 25.3. The Kier molecular flexibility index (Phi) is 3.56. The molecular weight excluding hydrogens is 300 g/mol. The Morgan fingerprint density at radius 1 is 1.17 bits per heavy atom. The van der Waals surface area contributed by atoms with E-state index in [2.05, 4.69) is 26.0 Å². The Morgan fingerprint density at radius 3 is 2.71 bits per heavy atom. The fourth-order valence-corrected chi connectivity index (χ4v) is 6.57. The standard InChI is InChI=1S/C21H28O3/c1-20-10-5-4-6-13(20)12-17(22)18-14-7-8-16(19(23)24-3)21(14,2)11-9-15(18)20/h4,6,12,14-16,18H,5,7-11H2,1-3H3. The van der Waals surface area contributed by atoms with E-state index >= 15 is 0 Å². The van der Waals surface area contributed by atoms with Crippen LogP contribution in [0.3, 0.4) is 0 Å². The fraction of sp³-hybridized carbons (Fsp3) is 0.714. The summed E-state index contributed by atoms with van der Waals surface area (Å²) in [5.41, 5.74) is 1.31. The topological polar surface area (TPSA) is 43.4 Å². The van der Waals surface area contributed by atoms with Crippen molar-refractivity contribution in [2.45, 2.75) is 52.4 Å². The zero-order valence-electron chi connectivity index (χ0n) is 15.0. The van der Waals surface area contributed by atoms with Gasteiger partial charge < -0.3 is 4.74 Å². The third-order valence-corrected chi connectivity index (χ3v) is 7.99. The molecule has 4 aliphatic carbocycles. The minimum Gasteiger partial charge on any atom is -0.469 e. The van der Waals surface area contributed by atoms with Crippen LogP contribution in [0.5, 0.6) is 0 Å². The van der Waals surface area contributed by atoms with Gasteiger partial charge in [-0.15, -0.1) is 0 Å². The fourth-order valence-electron chi connectivity index (χ4n) is 6.57. The third-order valence-electron chi connectivity index (χ3n) is 7.99. The van der Waals surface area contributed by atoms with Crippen molar-refractivity contribution in [3.8, 4) is 0 Å². The number of esters is 1. The summed E-state index contributed by atoms with van der Waals surface area (Å²) in [6.07, 6.45) is 12.5. The summed E-state index contributed by atoms with van der Waals surface area (Å²) in [6.45, 7) is 4.60. The minimum absolute atomic E-state index is 0.0364. The third kappa shape index (κ3) is 1.96. The van der Waals surface area contributed by atoms with Crippen molar-refractivity contribution in [2.75, 3.05) is 7.11 Å². The Morgan fingerprint density at radius 2 is 1.96 bits per heavy atom. The molecule has 0 bridgehead atoms. The minimum atomic E-state index is -0.0789. The number of carbonyl (C=O) groups excluding carboxylic acids is 2. The van der Waals surface area contributed by atoms with E-state index < -0.39 is 0 Å². The van der Waals surface area contributed by atoms with Crippen LogP contribution in [0.2, 0.25) is 0 Å². The van der Waals surface area contributed by atoms with E-state index in [1.54, 1.807) is 0 Å². The quantitative estimate of drug-likeness (QED) is 0.681. The van der Waals surface area contributed by atoms with Gasteiger partial charge in [0.15, 0.2) is 5.78 Å². The first-order valence-electron chi connectivity index (χ1n) is 9.42. The molecule has 0 amide bonds. The maximum Gasteiger partial charge on any atom is 0.309 e. The highest BCUT2D eigenvalue weighted by Crippen LogP contribution is 2.65. The van der Waals surface area contributed by atoms with E-state index in [1.165, 1.54) is 12.7 Å². The number of fused-ring (bicyclic) bond motifs is 5. The summed E-state index contributed by atoms with van der Waals surface area (Å²) in [6, 6.07) is 0. The second-order valence-electron chi connectivity index (χ2n) is 8.80. The highest BCUT2D eigenvalue weighted by molar-refractivity contribution is 5.95. The van der Waals surface area contributed by atoms with Gasteiger partial charge in [0.1, 0.15) is 0 Å². The number of hydrogen-bond donors (Lipinski definition) is 0. The van der Waals surface area contributed by atoms with Crippen molar-refractivity contribution in [1.29, 1.82) is 0 Å². The molecule has 6 atom stereocenters. The number of ether oxygens (including phenoxy) is 1. The Balaban J connectivity index is 1.73. The van der Waals surface area contributed by atoms with Crippen LogP contribution in [0.25, 0.3) is 0 Å². The summed E-state index contributed by atoms with van der Waals surface area (Å²) in [5, 5.41) is 0. The maximum absolute atomic E-state index is 13.0. The van der Waals surface area contributed by atoms with Gasteiger partial charge in [0.25, 0.3) is 0 Å². The number of ketones is 1. The molecule has 0 radical (unpaired) electrons. The SMILES string of the molecule is COC(=O)C1CCC2C3C(=O)C=C4C=CCCC4(C)C3CCC12C. The molecule has 0 aliphatic heterocycles. The average molecular weight is 328 g/mol. The van der Waals surface area contributed by atoms with Crippen LogP contribution in [-0.4, -0.2) is 18.9 Å². The normalized spacial score (nSPS) is 46.6. The molecule has 24 heavy (non-hydrogen) atoms. The molecule has 4 aliphatic rings. The van der Waals surface area contributed by atoms with Gasteiger partial charge in [-0.3, -0.25) is 9.59 Å². The summed E-state index contributed by atoms with van der Waals surface area (Å²) in [7, 11) is 1.49. The van der Waals surface area contributed by atoms with Gasteiger partial charge >= 0.3 is 5.97 Å². The molecule has 0 spiro atoms. The molecule has 4 rings (SSSR count). The lowest BCUT2D eigenvalue weighted by Gasteiger charge is -2.55. The highest BCUT2D eigenvalue weighted by Gasteiger charge is 2.61. The van der Waals surface area contributed by atoms with Gasteiger partial charge in [-0.1, -0.05) is 26.0 Å². The molecule has 6 unspecified atom stereocenters. The number of carbonyl (C=O) groups is 2. The Labute approximate surface area is 144 Å². The monoisotopic (exact) mass is 328 g/mol. The molecule has 0 heterocycles. The molecule has 3 heteroatoms. The van der Waals surface area contributed by atoms with Gasteiger partial charge in [0.05, 0.1) is 13.0 Å². The molecular formula is C21H28O3. The van der Waals surface area contributed by atoms with Crippen LogP contribution in [0.4, 0.5) is 0 Å². The van der Waals surface area contributed by atoms with E-state index in [4.69, 9.17) is 4.74 Å². The zero-order valence-corrected chi connectivity index (χ0v) is 15.0. The Hall–Kier alpha value is -1.38. The lowest BCUT2D eigenvalue weighted by molar-refractivity contribution is -0.154. The first-order valence-corrected chi connectivity index (χ1v) is 9.42. The molecule has 3 nitrogen and oxygen atoms in total. The maximum atomic E-state index is 13.0. The van der Waals surface area contributed by atoms with Gasteiger partial charge in [-0.2, -0.15) is 0 Å². The van der Waals surface area contributed by atoms with Crippen molar-refractivity contribution >= 4 is 11.8 Å². The second-order valence-corrected chi connectivity index (χ2v) is 8.80. The smallest absolute Gasteiger partial charge is 0.309 e.